The average molecular weight is 531 g/mol. The monoisotopic (exact) mass is 530 g/mol. The van der Waals surface area contributed by atoms with Crippen LogP contribution in [0.5, 0.6) is 0 Å². The van der Waals surface area contributed by atoms with Crippen LogP contribution in [0, 0.1) is 0 Å². The molecule has 0 heterocycles. The number of nitrogens with zero attached hydrogens (tertiary/aromatic N) is 2. The summed E-state index contributed by atoms with van der Waals surface area (Å²) >= 11 is 0. The first kappa shape index (κ1) is 27.9. The summed E-state index contributed by atoms with van der Waals surface area (Å²) in [5.74, 6) is -1.15. The SMILES string of the molecule is COC(=O)C(=CCC(N=C(c1ccccc1)c1ccccc1)C(=O)OC)N=C(c1ccccc1)c1ccccc1. The van der Waals surface area contributed by atoms with Gasteiger partial charge < -0.3 is 9.47 Å². The Hall–Kier alpha value is -5.10. The molecule has 0 aliphatic carbocycles. The zero-order valence-corrected chi connectivity index (χ0v) is 22.4. The van der Waals surface area contributed by atoms with Gasteiger partial charge in [-0.1, -0.05) is 121 Å². The van der Waals surface area contributed by atoms with Gasteiger partial charge >= 0.3 is 11.9 Å². The Morgan fingerprint density at radius 1 is 0.625 bits per heavy atom. The van der Waals surface area contributed by atoms with Crippen molar-refractivity contribution in [1.29, 1.82) is 0 Å². The fourth-order valence-corrected chi connectivity index (χ4v) is 4.11. The van der Waals surface area contributed by atoms with Crippen LogP contribution in [0.4, 0.5) is 0 Å². The van der Waals surface area contributed by atoms with E-state index in [0.717, 1.165) is 22.3 Å². The molecule has 0 amide bonds. The summed E-state index contributed by atoms with van der Waals surface area (Å²) in [4.78, 5) is 35.4. The van der Waals surface area contributed by atoms with Crippen LogP contribution >= 0.6 is 0 Å². The van der Waals surface area contributed by atoms with Crippen molar-refractivity contribution < 1.29 is 19.1 Å². The number of carbonyl (C=O) groups is 2. The Morgan fingerprint density at radius 2 is 1.02 bits per heavy atom. The molecule has 4 rings (SSSR count). The van der Waals surface area contributed by atoms with E-state index in [2.05, 4.69) is 0 Å². The number of carbonyl (C=O) groups excluding carboxylic acids is 2. The second kappa shape index (κ2) is 14.2. The molecule has 1 atom stereocenters. The largest absolute Gasteiger partial charge is 0.467 e. The number of hydrogen-bond donors (Lipinski definition) is 0. The van der Waals surface area contributed by atoms with Crippen LogP contribution in [-0.4, -0.2) is 43.6 Å². The highest BCUT2D eigenvalue weighted by Gasteiger charge is 2.21. The first-order valence-electron chi connectivity index (χ1n) is 12.8. The number of esters is 2. The van der Waals surface area contributed by atoms with Crippen molar-refractivity contribution >= 4 is 23.4 Å². The van der Waals surface area contributed by atoms with Gasteiger partial charge in [0.15, 0.2) is 6.04 Å². The molecule has 0 bridgehead atoms. The van der Waals surface area contributed by atoms with Crippen LogP contribution in [0.25, 0.3) is 0 Å². The second-order valence-electron chi connectivity index (χ2n) is 8.76. The molecule has 0 fully saturated rings. The van der Waals surface area contributed by atoms with E-state index in [9.17, 15) is 9.59 Å². The van der Waals surface area contributed by atoms with Gasteiger partial charge in [0, 0.05) is 28.7 Å². The number of rotatable bonds is 10. The molecular weight excluding hydrogens is 500 g/mol. The van der Waals surface area contributed by atoms with Crippen molar-refractivity contribution in [2.45, 2.75) is 12.5 Å². The third-order valence-corrected chi connectivity index (χ3v) is 6.11. The molecule has 4 aromatic rings. The van der Waals surface area contributed by atoms with E-state index in [1.807, 2.05) is 121 Å². The highest BCUT2D eigenvalue weighted by Crippen LogP contribution is 2.18. The number of hydrogen-bond acceptors (Lipinski definition) is 6. The van der Waals surface area contributed by atoms with E-state index in [1.54, 1.807) is 6.08 Å². The third-order valence-electron chi connectivity index (χ3n) is 6.11. The minimum Gasteiger partial charge on any atom is -0.467 e. The van der Waals surface area contributed by atoms with Crippen LogP contribution < -0.4 is 0 Å². The van der Waals surface area contributed by atoms with Crippen molar-refractivity contribution in [3.63, 3.8) is 0 Å². The number of ether oxygens (including phenoxy) is 2. The molecule has 0 saturated heterocycles. The van der Waals surface area contributed by atoms with Crippen LogP contribution in [-0.2, 0) is 19.1 Å². The van der Waals surface area contributed by atoms with Gasteiger partial charge in [-0.3, -0.25) is 4.99 Å². The summed E-state index contributed by atoms with van der Waals surface area (Å²) in [6.07, 6.45) is 1.65. The molecule has 6 nitrogen and oxygen atoms in total. The molecule has 1 unspecified atom stereocenters. The van der Waals surface area contributed by atoms with Crippen LogP contribution in [0.15, 0.2) is 143 Å². The number of benzene rings is 4. The molecule has 4 aromatic carbocycles. The zero-order chi connectivity index (χ0) is 28.2. The summed E-state index contributed by atoms with van der Waals surface area (Å²) in [5.41, 5.74) is 4.69. The van der Waals surface area contributed by atoms with Crippen molar-refractivity contribution in [3.05, 3.63) is 155 Å². The lowest BCUT2D eigenvalue weighted by Crippen LogP contribution is -2.22. The highest BCUT2D eigenvalue weighted by molar-refractivity contribution is 6.15. The van der Waals surface area contributed by atoms with Crippen molar-refractivity contribution in [2.75, 3.05) is 14.2 Å². The lowest BCUT2D eigenvalue weighted by atomic mass is 10.0. The van der Waals surface area contributed by atoms with Crippen molar-refractivity contribution in [1.82, 2.24) is 0 Å². The number of aliphatic imine (C=N–C) groups is 2. The lowest BCUT2D eigenvalue weighted by Gasteiger charge is -2.14. The topological polar surface area (TPSA) is 77.3 Å². The van der Waals surface area contributed by atoms with Gasteiger partial charge in [-0.05, 0) is 6.08 Å². The van der Waals surface area contributed by atoms with E-state index < -0.39 is 18.0 Å². The van der Waals surface area contributed by atoms with Crippen LogP contribution in [0.1, 0.15) is 28.7 Å². The zero-order valence-electron chi connectivity index (χ0n) is 22.4. The standard InChI is InChI=1S/C34H30N2O4/c1-39-33(37)29(35-31(25-15-7-3-8-16-25)26-17-9-4-10-18-26)23-24-30(34(38)40-2)36-32(27-19-11-5-12-20-27)28-21-13-6-14-22-28/h3-23,30H,24H2,1-2H3. The Kier molecular flexibility index (Phi) is 9.89. The maximum absolute atomic E-state index is 12.9. The number of methoxy groups -OCH3 is 2. The van der Waals surface area contributed by atoms with Crippen LogP contribution in [0.2, 0.25) is 0 Å². The van der Waals surface area contributed by atoms with Crippen LogP contribution in [0.3, 0.4) is 0 Å². The Balaban J connectivity index is 1.79. The molecule has 0 N–H and O–H groups in total. The summed E-state index contributed by atoms with van der Waals surface area (Å²) in [7, 11) is 2.62. The Labute approximate surface area is 234 Å². The van der Waals surface area contributed by atoms with Gasteiger partial charge in [0.05, 0.1) is 25.6 Å². The first-order valence-corrected chi connectivity index (χ1v) is 12.8. The minimum absolute atomic E-state index is 0.0651. The molecule has 40 heavy (non-hydrogen) atoms. The van der Waals surface area contributed by atoms with E-state index in [1.165, 1.54) is 14.2 Å². The van der Waals surface area contributed by atoms with Gasteiger partial charge in [-0.15, -0.1) is 0 Å². The molecule has 0 spiro atoms. The highest BCUT2D eigenvalue weighted by atomic mass is 16.5. The molecule has 0 aromatic heterocycles. The Morgan fingerprint density at radius 3 is 1.40 bits per heavy atom. The molecule has 0 saturated carbocycles. The summed E-state index contributed by atoms with van der Waals surface area (Å²) < 4.78 is 10.2. The fraction of sp³-hybridized carbons (Fsp3) is 0.118. The van der Waals surface area contributed by atoms with Crippen molar-refractivity contribution in [3.8, 4) is 0 Å². The molecule has 6 heteroatoms. The van der Waals surface area contributed by atoms with Gasteiger partial charge in [0.25, 0.3) is 0 Å². The minimum atomic E-state index is -0.924. The average Bonchev–Trinajstić information content (AvgIpc) is 3.03. The maximum Gasteiger partial charge on any atom is 0.356 e. The quantitative estimate of drug-likeness (QED) is 0.142. The maximum atomic E-state index is 12.9. The molecule has 0 aliphatic heterocycles. The van der Waals surface area contributed by atoms with E-state index in [0.29, 0.717) is 11.4 Å². The van der Waals surface area contributed by atoms with E-state index in [-0.39, 0.29) is 12.1 Å². The summed E-state index contributed by atoms with van der Waals surface area (Å²) in [6.45, 7) is 0. The van der Waals surface area contributed by atoms with Gasteiger partial charge in [0.1, 0.15) is 5.70 Å². The van der Waals surface area contributed by atoms with E-state index >= 15 is 0 Å². The van der Waals surface area contributed by atoms with Gasteiger partial charge in [-0.25, -0.2) is 14.6 Å². The third kappa shape index (κ3) is 7.26. The normalized spacial score (nSPS) is 11.6. The predicted molar refractivity (Wildman–Crippen MR) is 158 cm³/mol. The van der Waals surface area contributed by atoms with E-state index in [4.69, 9.17) is 19.5 Å². The predicted octanol–water partition coefficient (Wildman–Crippen LogP) is 6.05. The first-order chi connectivity index (χ1) is 19.6. The van der Waals surface area contributed by atoms with Crippen molar-refractivity contribution in [2.24, 2.45) is 9.98 Å². The van der Waals surface area contributed by atoms with Gasteiger partial charge in [0.2, 0.25) is 0 Å². The molecular formula is C34H30N2O4. The fourth-order valence-electron chi connectivity index (χ4n) is 4.11. The smallest absolute Gasteiger partial charge is 0.356 e. The molecule has 0 radical (unpaired) electrons. The second-order valence-corrected chi connectivity index (χ2v) is 8.76. The molecule has 0 aliphatic rings. The lowest BCUT2D eigenvalue weighted by molar-refractivity contribution is -0.142. The summed E-state index contributed by atoms with van der Waals surface area (Å²) in [5, 5.41) is 0. The van der Waals surface area contributed by atoms with Gasteiger partial charge in [-0.2, -0.15) is 0 Å². The summed E-state index contributed by atoms with van der Waals surface area (Å²) in [6, 6.07) is 37.5. The molecule has 200 valence electrons. The Bertz CT molecular complexity index is 1410.